The lowest BCUT2D eigenvalue weighted by Crippen LogP contribution is -2.78. The molecule has 4 aliphatic rings. The molecule has 0 unspecified atom stereocenters. The van der Waals surface area contributed by atoms with Gasteiger partial charge in [-0.25, -0.2) is 0 Å². The van der Waals surface area contributed by atoms with Gasteiger partial charge in [-0.3, -0.25) is 14.6 Å². The molecule has 0 atom stereocenters. The van der Waals surface area contributed by atoms with Crippen LogP contribution in [0.2, 0.25) is 0 Å². The highest BCUT2D eigenvalue weighted by molar-refractivity contribution is 5.94. The lowest BCUT2D eigenvalue weighted by atomic mass is 9.53. The van der Waals surface area contributed by atoms with Crippen molar-refractivity contribution in [2.24, 2.45) is 22.7 Å². The number of hydrogen-bond acceptors (Lipinski definition) is 4. The van der Waals surface area contributed by atoms with Crippen LogP contribution in [0.1, 0.15) is 39.4 Å². The molecule has 4 saturated heterocycles. The van der Waals surface area contributed by atoms with Gasteiger partial charge >= 0.3 is 0 Å². The van der Waals surface area contributed by atoms with E-state index in [2.05, 4.69) is 80.8 Å². The molecule has 0 radical (unpaired) electrons. The molecule has 1 aromatic rings. The minimum Gasteiger partial charge on any atom is -0.378 e. The predicted molar refractivity (Wildman–Crippen MR) is 106 cm³/mol. The molecule has 142 valence electrons. The SMILES string of the molecule is CC(C)C12CN3CC(C(C)C)(CN(C1)C3c1ccc(N(C)C)cc1)C2=O. The van der Waals surface area contributed by atoms with Gasteiger partial charge < -0.3 is 4.90 Å². The Labute approximate surface area is 158 Å². The smallest absolute Gasteiger partial charge is 0.150 e. The first-order valence-corrected chi connectivity index (χ1v) is 10.0. The molecule has 0 aromatic heterocycles. The van der Waals surface area contributed by atoms with Crippen molar-refractivity contribution in [1.82, 2.24) is 9.80 Å². The number of benzene rings is 1. The summed E-state index contributed by atoms with van der Waals surface area (Å²) in [5.41, 5.74) is 2.21. The Kier molecular flexibility index (Phi) is 4.02. The number of carbonyl (C=O) groups is 1. The Balaban J connectivity index is 1.73. The van der Waals surface area contributed by atoms with E-state index in [1.54, 1.807) is 0 Å². The molecule has 0 saturated carbocycles. The molecule has 4 aliphatic heterocycles. The third-order valence-corrected chi connectivity index (χ3v) is 7.46. The van der Waals surface area contributed by atoms with Gasteiger partial charge in [0.25, 0.3) is 0 Å². The van der Waals surface area contributed by atoms with Crippen LogP contribution in [0.3, 0.4) is 0 Å². The zero-order valence-electron chi connectivity index (χ0n) is 17.1. The highest BCUT2D eigenvalue weighted by Gasteiger charge is 2.67. The maximum Gasteiger partial charge on any atom is 0.150 e. The summed E-state index contributed by atoms with van der Waals surface area (Å²) in [6.07, 6.45) is 0.318. The van der Waals surface area contributed by atoms with Crippen molar-refractivity contribution in [3.8, 4) is 0 Å². The predicted octanol–water partition coefficient (Wildman–Crippen LogP) is 3.25. The Bertz CT molecular complexity index is 661. The Morgan fingerprint density at radius 3 is 1.65 bits per heavy atom. The van der Waals surface area contributed by atoms with Crippen LogP contribution in [0.5, 0.6) is 0 Å². The number of nitrogens with zero attached hydrogens (tertiary/aromatic N) is 3. The fourth-order valence-corrected chi connectivity index (χ4v) is 5.64. The van der Waals surface area contributed by atoms with Crippen LogP contribution in [-0.4, -0.2) is 55.9 Å². The lowest BCUT2D eigenvalue weighted by Gasteiger charge is -2.68. The standard InChI is InChI=1S/C22H33N3O/c1-15(2)21-11-24-13-22(16(3)4,20(21)26)14-25(12-21)19(24)17-7-9-18(10-8-17)23(5)6/h7-10,15-16,19H,11-14H2,1-6H3. The molecule has 26 heavy (non-hydrogen) atoms. The third kappa shape index (κ3) is 2.24. The van der Waals surface area contributed by atoms with Crippen molar-refractivity contribution < 1.29 is 4.79 Å². The van der Waals surface area contributed by atoms with Gasteiger partial charge in [-0.2, -0.15) is 0 Å². The van der Waals surface area contributed by atoms with Crippen LogP contribution >= 0.6 is 0 Å². The van der Waals surface area contributed by atoms with Crippen molar-refractivity contribution in [3.63, 3.8) is 0 Å². The second kappa shape index (κ2) is 5.80. The van der Waals surface area contributed by atoms with Crippen molar-refractivity contribution in [1.29, 1.82) is 0 Å². The van der Waals surface area contributed by atoms with Crippen molar-refractivity contribution in [2.45, 2.75) is 33.9 Å². The minimum absolute atomic E-state index is 0.194. The molecule has 4 nitrogen and oxygen atoms in total. The quantitative estimate of drug-likeness (QED) is 0.828. The number of ketones is 1. The number of Topliss-reactive ketones (excluding diaryl/α,β-unsaturated/α-hetero) is 1. The average molecular weight is 356 g/mol. The van der Waals surface area contributed by atoms with E-state index in [0.717, 1.165) is 26.2 Å². The van der Waals surface area contributed by atoms with E-state index in [1.165, 1.54) is 11.3 Å². The van der Waals surface area contributed by atoms with E-state index >= 15 is 0 Å². The maximum atomic E-state index is 13.6. The van der Waals surface area contributed by atoms with Gasteiger partial charge in [0.15, 0.2) is 5.78 Å². The number of rotatable bonds is 4. The monoisotopic (exact) mass is 355 g/mol. The highest BCUT2D eigenvalue weighted by atomic mass is 16.1. The van der Waals surface area contributed by atoms with Crippen LogP contribution in [0.4, 0.5) is 5.69 Å². The topological polar surface area (TPSA) is 26.8 Å². The zero-order valence-corrected chi connectivity index (χ0v) is 17.1. The molecule has 4 heterocycles. The summed E-state index contributed by atoms with van der Waals surface area (Å²) >= 11 is 0. The van der Waals surface area contributed by atoms with Crippen molar-refractivity contribution in [2.75, 3.05) is 45.2 Å². The number of carbonyl (C=O) groups excluding carboxylic acids is 1. The van der Waals surface area contributed by atoms with Crippen LogP contribution in [0.15, 0.2) is 24.3 Å². The summed E-state index contributed by atoms with van der Waals surface area (Å²) in [5, 5.41) is 0. The Hall–Kier alpha value is -1.39. The van der Waals surface area contributed by atoms with Gasteiger partial charge in [0.1, 0.15) is 0 Å². The lowest BCUT2D eigenvalue weighted by molar-refractivity contribution is -0.217. The molecule has 0 aliphatic carbocycles. The van der Waals surface area contributed by atoms with Gasteiger partial charge in [-0.1, -0.05) is 39.8 Å². The first kappa shape index (κ1) is 18.0. The van der Waals surface area contributed by atoms with Gasteiger partial charge in [0, 0.05) is 46.0 Å². The summed E-state index contributed by atoms with van der Waals surface area (Å²) in [5.74, 6) is 1.32. The van der Waals surface area contributed by atoms with E-state index in [9.17, 15) is 4.79 Å². The molecular formula is C22H33N3O. The Morgan fingerprint density at radius 2 is 1.31 bits per heavy atom. The minimum atomic E-state index is -0.194. The molecule has 0 amide bonds. The zero-order chi connectivity index (χ0) is 18.9. The second-order valence-corrected chi connectivity index (χ2v) is 9.62. The third-order valence-electron chi connectivity index (χ3n) is 7.46. The summed E-state index contributed by atoms with van der Waals surface area (Å²) in [6.45, 7) is 12.6. The molecule has 5 rings (SSSR count). The molecule has 0 N–H and O–H groups in total. The van der Waals surface area contributed by atoms with Crippen LogP contribution in [-0.2, 0) is 4.79 Å². The number of anilines is 1. The largest absolute Gasteiger partial charge is 0.378 e. The summed E-state index contributed by atoms with van der Waals surface area (Å²) in [7, 11) is 4.16. The fourth-order valence-electron chi connectivity index (χ4n) is 5.64. The molecular weight excluding hydrogens is 322 g/mol. The van der Waals surface area contributed by atoms with E-state index in [4.69, 9.17) is 0 Å². The highest BCUT2D eigenvalue weighted by Crippen LogP contribution is 2.57. The number of hydrogen-bond donors (Lipinski definition) is 0. The fraction of sp³-hybridized carbons (Fsp3) is 0.682. The maximum absolute atomic E-state index is 13.6. The normalized spacial score (nSPS) is 38.5. The number of piperidine rings is 2. The van der Waals surface area contributed by atoms with Gasteiger partial charge in [0.2, 0.25) is 0 Å². The first-order valence-electron chi connectivity index (χ1n) is 10.0. The summed E-state index contributed by atoms with van der Waals surface area (Å²) in [6, 6.07) is 8.97. The molecule has 0 spiro atoms. The average Bonchev–Trinajstić information content (AvgIpc) is 2.58. The van der Waals surface area contributed by atoms with Gasteiger partial charge in [0.05, 0.1) is 17.0 Å². The molecule has 4 bridgehead atoms. The summed E-state index contributed by atoms with van der Waals surface area (Å²) in [4.78, 5) is 20.9. The molecule has 1 aromatic carbocycles. The second-order valence-electron chi connectivity index (χ2n) is 9.62. The summed E-state index contributed by atoms with van der Waals surface area (Å²) < 4.78 is 0. The first-order chi connectivity index (χ1) is 12.2. The Morgan fingerprint density at radius 1 is 0.885 bits per heavy atom. The van der Waals surface area contributed by atoms with E-state index < -0.39 is 0 Å². The van der Waals surface area contributed by atoms with E-state index in [0.29, 0.717) is 23.8 Å². The van der Waals surface area contributed by atoms with Crippen molar-refractivity contribution >= 4 is 11.5 Å². The van der Waals surface area contributed by atoms with Crippen LogP contribution < -0.4 is 4.90 Å². The van der Waals surface area contributed by atoms with Gasteiger partial charge in [-0.15, -0.1) is 0 Å². The van der Waals surface area contributed by atoms with E-state index in [1.807, 2.05) is 0 Å². The van der Waals surface area contributed by atoms with E-state index in [-0.39, 0.29) is 10.8 Å². The molecule has 4 fully saturated rings. The van der Waals surface area contributed by atoms with Crippen molar-refractivity contribution in [3.05, 3.63) is 29.8 Å². The van der Waals surface area contributed by atoms with Gasteiger partial charge in [-0.05, 0) is 29.5 Å². The molecule has 4 heteroatoms. The van der Waals surface area contributed by atoms with Crippen LogP contribution in [0.25, 0.3) is 0 Å². The van der Waals surface area contributed by atoms with Crippen LogP contribution in [0, 0.1) is 22.7 Å².